The molecule has 0 saturated heterocycles. The van der Waals surface area contributed by atoms with E-state index in [1.165, 1.54) is 25.3 Å². The second-order valence-corrected chi connectivity index (χ2v) is 5.11. The first-order valence-electron chi connectivity index (χ1n) is 6.01. The number of benzene rings is 1. The molecule has 0 radical (unpaired) electrons. The van der Waals surface area contributed by atoms with Crippen LogP contribution in [-0.4, -0.2) is 23.7 Å². The lowest BCUT2D eigenvalue weighted by Crippen LogP contribution is -2.32. The predicted molar refractivity (Wildman–Crippen MR) is 72.7 cm³/mol. The summed E-state index contributed by atoms with van der Waals surface area (Å²) in [6.45, 7) is 5.45. The van der Waals surface area contributed by atoms with Crippen LogP contribution in [0.2, 0.25) is 0 Å². The number of non-ortho nitro benzene ring substituents is 1. The van der Waals surface area contributed by atoms with Gasteiger partial charge >= 0.3 is 6.09 Å². The van der Waals surface area contributed by atoms with Gasteiger partial charge in [-0.05, 0) is 26.8 Å². The van der Waals surface area contributed by atoms with Gasteiger partial charge < -0.3 is 14.8 Å². The number of nitro benzene ring substituents is 1. The molecule has 0 atom stereocenters. The number of nitrogens with one attached hydrogen (secondary N) is 1. The van der Waals surface area contributed by atoms with Gasteiger partial charge in [0.2, 0.25) is 0 Å². The van der Waals surface area contributed by atoms with E-state index in [1.807, 2.05) is 0 Å². The van der Waals surface area contributed by atoms with E-state index in [-0.39, 0.29) is 12.2 Å². The number of carbonyl (C=O) groups excluding carboxylic acids is 1. The Bertz CT molecular complexity index is 508. The third-order valence-corrected chi connectivity index (χ3v) is 2.30. The quantitative estimate of drug-likeness (QED) is 0.677. The van der Waals surface area contributed by atoms with Crippen LogP contribution in [0.15, 0.2) is 18.2 Å². The van der Waals surface area contributed by atoms with E-state index in [0.717, 1.165) is 0 Å². The largest absolute Gasteiger partial charge is 0.496 e. The van der Waals surface area contributed by atoms with Gasteiger partial charge in [-0.2, -0.15) is 0 Å². The highest BCUT2D eigenvalue weighted by molar-refractivity contribution is 5.67. The molecule has 1 N–H and O–H groups in total. The molecule has 0 bridgehead atoms. The van der Waals surface area contributed by atoms with Gasteiger partial charge in [-0.3, -0.25) is 10.1 Å². The Labute approximate surface area is 117 Å². The third-order valence-electron chi connectivity index (χ3n) is 2.30. The van der Waals surface area contributed by atoms with Gasteiger partial charge in [-0.1, -0.05) is 0 Å². The molecule has 1 aromatic rings. The Morgan fingerprint density at radius 1 is 1.40 bits per heavy atom. The van der Waals surface area contributed by atoms with Crippen LogP contribution < -0.4 is 10.1 Å². The highest BCUT2D eigenvalue weighted by Crippen LogP contribution is 2.24. The minimum absolute atomic E-state index is 0.0668. The van der Waals surface area contributed by atoms with Crippen molar-refractivity contribution in [2.45, 2.75) is 32.9 Å². The van der Waals surface area contributed by atoms with E-state index in [2.05, 4.69) is 5.32 Å². The van der Waals surface area contributed by atoms with Crippen LogP contribution in [0.25, 0.3) is 0 Å². The maximum absolute atomic E-state index is 11.5. The smallest absolute Gasteiger partial charge is 0.407 e. The Morgan fingerprint density at radius 3 is 2.55 bits per heavy atom. The topological polar surface area (TPSA) is 90.7 Å². The van der Waals surface area contributed by atoms with E-state index < -0.39 is 16.6 Å². The number of methoxy groups -OCH3 is 1. The lowest BCUT2D eigenvalue weighted by molar-refractivity contribution is -0.384. The Kier molecular flexibility index (Phi) is 4.90. The highest BCUT2D eigenvalue weighted by atomic mass is 16.6. The van der Waals surface area contributed by atoms with Gasteiger partial charge in [0, 0.05) is 18.2 Å². The van der Waals surface area contributed by atoms with Gasteiger partial charge in [0.1, 0.15) is 11.4 Å². The van der Waals surface area contributed by atoms with Gasteiger partial charge in [-0.25, -0.2) is 4.79 Å². The summed E-state index contributed by atoms with van der Waals surface area (Å²) < 4.78 is 10.2. The molecular weight excluding hydrogens is 264 g/mol. The first-order valence-corrected chi connectivity index (χ1v) is 6.01. The number of nitro groups is 1. The maximum Gasteiger partial charge on any atom is 0.407 e. The molecule has 20 heavy (non-hydrogen) atoms. The number of rotatable bonds is 4. The summed E-state index contributed by atoms with van der Waals surface area (Å²) in [5.74, 6) is 0.343. The Hall–Kier alpha value is -2.31. The van der Waals surface area contributed by atoms with Gasteiger partial charge in [0.05, 0.1) is 18.1 Å². The second kappa shape index (κ2) is 6.23. The summed E-state index contributed by atoms with van der Waals surface area (Å²) in [4.78, 5) is 21.7. The summed E-state index contributed by atoms with van der Waals surface area (Å²) >= 11 is 0. The average Bonchev–Trinajstić information content (AvgIpc) is 2.33. The summed E-state index contributed by atoms with van der Waals surface area (Å²) in [7, 11) is 1.41. The van der Waals surface area contributed by atoms with Crippen molar-refractivity contribution in [3.8, 4) is 5.75 Å². The molecular formula is C13H18N2O5. The first kappa shape index (κ1) is 15.7. The minimum atomic E-state index is -0.580. The van der Waals surface area contributed by atoms with Crippen molar-refractivity contribution >= 4 is 11.8 Å². The number of nitrogens with zero attached hydrogens (tertiary/aromatic N) is 1. The minimum Gasteiger partial charge on any atom is -0.496 e. The Balaban J connectivity index is 2.73. The van der Waals surface area contributed by atoms with E-state index in [9.17, 15) is 14.9 Å². The molecule has 0 unspecified atom stereocenters. The molecule has 110 valence electrons. The predicted octanol–water partition coefficient (Wildman–Crippen LogP) is 2.63. The van der Waals surface area contributed by atoms with E-state index in [0.29, 0.717) is 11.3 Å². The molecule has 7 nitrogen and oxygen atoms in total. The molecule has 1 aromatic carbocycles. The normalized spacial score (nSPS) is 10.8. The summed E-state index contributed by atoms with van der Waals surface area (Å²) in [6.07, 6.45) is -0.557. The molecule has 0 aromatic heterocycles. The number of alkyl carbamates (subject to hydrolysis) is 1. The molecule has 7 heteroatoms. The molecule has 1 amide bonds. The number of hydrogen-bond acceptors (Lipinski definition) is 5. The fourth-order valence-electron chi connectivity index (χ4n) is 1.47. The van der Waals surface area contributed by atoms with Crippen molar-refractivity contribution in [2.75, 3.05) is 7.11 Å². The summed E-state index contributed by atoms with van der Waals surface area (Å²) in [5.41, 5.74) is -0.0178. The van der Waals surface area contributed by atoms with Gasteiger partial charge in [0.25, 0.3) is 5.69 Å². The lowest BCUT2D eigenvalue weighted by atomic mass is 10.2. The van der Waals surface area contributed by atoms with Crippen molar-refractivity contribution in [3.63, 3.8) is 0 Å². The van der Waals surface area contributed by atoms with Crippen molar-refractivity contribution in [3.05, 3.63) is 33.9 Å². The molecule has 1 rings (SSSR count). The molecule has 0 aliphatic rings. The fraction of sp³-hybridized carbons (Fsp3) is 0.462. The average molecular weight is 282 g/mol. The monoisotopic (exact) mass is 282 g/mol. The zero-order valence-corrected chi connectivity index (χ0v) is 11.9. The van der Waals surface area contributed by atoms with Crippen LogP contribution in [0.3, 0.4) is 0 Å². The fourth-order valence-corrected chi connectivity index (χ4v) is 1.47. The zero-order chi connectivity index (χ0) is 15.3. The van der Waals surface area contributed by atoms with Crippen molar-refractivity contribution in [1.29, 1.82) is 0 Å². The Morgan fingerprint density at radius 2 is 2.05 bits per heavy atom. The SMILES string of the molecule is COc1cc([N+](=O)[O-])ccc1CNC(=O)OC(C)(C)C. The van der Waals surface area contributed by atoms with E-state index >= 15 is 0 Å². The molecule has 0 spiro atoms. The molecule has 0 heterocycles. The standard InChI is InChI=1S/C13H18N2O5/c1-13(2,3)20-12(16)14-8-9-5-6-10(15(17)18)7-11(9)19-4/h5-7H,8H2,1-4H3,(H,14,16). The van der Waals surface area contributed by atoms with Gasteiger partial charge in [0.15, 0.2) is 0 Å². The number of ether oxygens (including phenoxy) is 2. The van der Waals surface area contributed by atoms with Crippen LogP contribution in [0.1, 0.15) is 26.3 Å². The van der Waals surface area contributed by atoms with Gasteiger partial charge in [-0.15, -0.1) is 0 Å². The van der Waals surface area contributed by atoms with Crippen LogP contribution in [0, 0.1) is 10.1 Å². The van der Waals surface area contributed by atoms with Crippen LogP contribution in [-0.2, 0) is 11.3 Å². The van der Waals surface area contributed by atoms with Crippen LogP contribution >= 0.6 is 0 Å². The summed E-state index contributed by atoms with van der Waals surface area (Å²) in [6, 6.07) is 4.20. The second-order valence-electron chi connectivity index (χ2n) is 5.11. The highest BCUT2D eigenvalue weighted by Gasteiger charge is 2.17. The number of carbonyl (C=O) groups is 1. The molecule has 0 aliphatic carbocycles. The van der Waals surface area contributed by atoms with Crippen molar-refractivity contribution in [2.24, 2.45) is 0 Å². The number of amides is 1. The zero-order valence-electron chi connectivity index (χ0n) is 11.9. The van der Waals surface area contributed by atoms with E-state index in [4.69, 9.17) is 9.47 Å². The van der Waals surface area contributed by atoms with Crippen LogP contribution in [0.4, 0.5) is 10.5 Å². The molecule has 0 fully saturated rings. The molecule has 0 aliphatic heterocycles. The third kappa shape index (κ3) is 4.75. The van der Waals surface area contributed by atoms with Crippen molar-refractivity contribution in [1.82, 2.24) is 5.32 Å². The summed E-state index contributed by atoms with van der Waals surface area (Å²) in [5, 5.41) is 13.2. The first-order chi connectivity index (χ1) is 9.23. The van der Waals surface area contributed by atoms with Crippen molar-refractivity contribution < 1.29 is 19.2 Å². The molecule has 0 saturated carbocycles. The lowest BCUT2D eigenvalue weighted by Gasteiger charge is -2.20. The van der Waals surface area contributed by atoms with E-state index in [1.54, 1.807) is 20.8 Å². The number of hydrogen-bond donors (Lipinski definition) is 1. The van der Waals surface area contributed by atoms with Crippen LogP contribution in [0.5, 0.6) is 5.75 Å². The maximum atomic E-state index is 11.5.